The third-order valence-corrected chi connectivity index (χ3v) is 5.14. The molecular weight excluding hydrogens is 401 g/mol. The fraction of sp³-hybridized carbons (Fsp3) is 0.316. The Morgan fingerprint density at radius 1 is 1.33 bits per heavy atom. The maximum absolute atomic E-state index is 14.2. The monoisotopic (exact) mass is 420 g/mol. The third-order valence-electron chi connectivity index (χ3n) is 5.14. The second kappa shape index (κ2) is 7.73. The molecule has 0 bridgehead atoms. The predicted molar refractivity (Wildman–Crippen MR) is 103 cm³/mol. The van der Waals surface area contributed by atoms with Crippen molar-refractivity contribution < 1.29 is 22.7 Å². The number of carbonyl (C=O) groups is 1. The molecule has 11 heteroatoms. The lowest BCUT2D eigenvalue weighted by molar-refractivity contribution is 0.240. The van der Waals surface area contributed by atoms with Crippen molar-refractivity contribution in [3.63, 3.8) is 0 Å². The first-order chi connectivity index (χ1) is 14.4. The molecule has 0 spiro atoms. The lowest BCUT2D eigenvalue weighted by atomic mass is 9.94. The number of primary amides is 1. The van der Waals surface area contributed by atoms with Crippen LogP contribution in [-0.4, -0.2) is 40.7 Å². The minimum atomic E-state index is -1.62. The number of urea groups is 1. The Morgan fingerprint density at radius 2 is 2.13 bits per heavy atom. The highest BCUT2D eigenvalue weighted by molar-refractivity contribution is 5.76. The molecule has 3 heterocycles. The van der Waals surface area contributed by atoms with Gasteiger partial charge in [-0.2, -0.15) is 0 Å². The number of piperidine rings is 1. The van der Waals surface area contributed by atoms with Crippen molar-refractivity contribution in [2.75, 3.05) is 18.6 Å². The summed E-state index contributed by atoms with van der Waals surface area (Å²) in [6.45, 7) is 0.533. The topological polar surface area (TPSA) is 109 Å². The van der Waals surface area contributed by atoms with E-state index < -0.39 is 35.0 Å². The van der Waals surface area contributed by atoms with Crippen molar-refractivity contribution in [2.24, 2.45) is 5.73 Å². The lowest BCUT2D eigenvalue weighted by Crippen LogP contribution is -2.48. The van der Waals surface area contributed by atoms with Crippen LogP contribution >= 0.6 is 0 Å². The number of nitrogens with zero attached hydrogens (tertiary/aromatic N) is 3. The number of aromatic nitrogens is 3. The fourth-order valence-corrected chi connectivity index (χ4v) is 3.81. The number of carbonyl (C=O) groups excluding carboxylic acids is 1. The van der Waals surface area contributed by atoms with Gasteiger partial charge in [0.05, 0.1) is 18.7 Å². The SMILES string of the molecule is COc1nc2c(F)c(F)c(F)cc2nc1C1CC(NC(N)=O)CCN1c1ccc[nH]1. The first kappa shape index (κ1) is 19.8. The minimum absolute atomic E-state index is 0.0197. The summed E-state index contributed by atoms with van der Waals surface area (Å²) in [7, 11) is 1.33. The summed E-state index contributed by atoms with van der Waals surface area (Å²) in [5.74, 6) is -3.64. The second-order valence-corrected chi connectivity index (χ2v) is 6.97. The average Bonchev–Trinajstić information content (AvgIpc) is 3.25. The molecule has 158 valence electrons. The number of benzene rings is 1. The van der Waals surface area contributed by atoms with Crippen LogP contribution in [0, 0.1) is 17.5 Å². The van der Waals surface area contributed by atoms with Gasteiger partial charge in [0.1, 0.15) is 17.0 Å². The molecule has 30 heavy (non-hydrogen) atoms. The molecule has 1 fully saturated rings. The van der Waals surface area contributed by atoms with Gasteiger partial charge in [0.15, 0.2) is 17.5 Å². The Labute approximate surface area is 169 Å². The fourth-order valence-electron chi connectivity index (χ4n) is 3.81. The van der Waals surface area contributed by atoms with Gasteiger partial charge in [0, 0.05) is 24.8 Å². The number of amides is 2. The highest BCUT2D eigenvalue weighted by Crippen LogP contribution is 2.38. The molecule has 3 aromatic rings. The van der Waals surface area contributed by atoms with Crippen LogP contribution in [0.5, 0.6) is 5.88 Å². The van der Waals surface area contributed by atoms with Crippen LogP contribution in [0.2, 0.25) is 0 Å². The van der Waals surface area contributed by atoms with E-state index in [0.29, 0.717) is 25.1 Å². The number of methoxy groups -OCH3 is 1. The van der Waals surface area contributed by atoms with Gasteiger partial charge >= 0.3 is 6.03 Å². The first-order valence-corrected chi connectivity index (χ1v) is 9.24. The van der Waals surface area contributed by atoms with Gasteiger partial charge < -0.3 is 25.7 Å². The normalized spacial score (nSPS) is 19.1. The largest absolute Gasteiger partial charge is 0.480 e. The van der Waals surface area contributed by atoms with Crippen LogP contribution in [0.25, 0.3) is 11.0 Å². The number of aromatic amines is 1. The van der Waals surface area contributed by atoms with Gasteiger partial charge in [0.2, 0.25) is 5.88 Å². The zero-order valence-electron chi connectivity index (χ0n) is 16.0. The molecule has 8 nitrogen and oxygen atoms in total. The standard InChI is InChI=1S/C19H19F3N6O2/c1-30-18-17(26-11-8-10(20)14(21)15(22)16(11)27-18)12-7-9(25-19(23)29)4-6-28(12)13-3-2-5-24-13/h2-3,5,8-9,12,24H,4,6-7H2,1H3,(H3,23,25,29). The number of ether oxygens (including phenoxy) is 1. The van der Waals surface area contributed by atoms with E-state index in [1.54, 1.807) is 6.20 Å². The molecule has 2 unspecified atom stereocenters. The second-order valence-electron chi connectivity index (χ2n) is 6.97. The van der Waals surface area contributed by atoms with E-state index >= 15 is 0 Å². The number of H-pyrrole nitrogens is 1. The number of rotatable bonds is 4. The molecule has 1 saturated heterocycles. The summed E-state index contributed by atoms with van der Waals surface area (Å²) in [5.41, 5.74) is 5.01. The minimum Gasteiger partial charge on any atom is -0.480 e. The summed E-state index contributed by atoms with van der Waals surface area (Å²) in [6, 6.07) is 3.13. The zero-order chi connectivity index (χ0) is 21.4. The number of nitrogens with two attached hydrogens (primary N) is 1. The van der Waals surface area contributed by atoms with E-state index in [9.17, 15) is 18.0 Å². The summed E-state index contributed by atoms with van der Waals surface area (Å²) in [6.07, 6.45) is 2.78. The molecular formula is C19H19F3N6O2. The summed E-state index contributed by atoms with van der Waals surface area (Å²) < 4.78 is 46.9. The molecule has 2 amide bonds. The van der Waals surface area contributed by atoms with Gasteiger partial charge in [-0.3, -0.25) is 0 Å². The Morgan fingerprint density at radius 3 is 2.80 bits per heavy atom. The predicted octanol–water partition coefficient (Wildman–Crippen LogP) is 2.76. The van der Waals surface area contributed by atoms with Crippen molar-refractivity contribution in [3.8, 4) is 5.88 Å². The van der Waals surface area contributed by atoms with Crippen molar-refractivity contribution in [3.05, 3.63) is 47.5 Å². The van der Waals surface area contributed by atoms with Gasteiger partial charge in [-0.15, -0.1) is 0 Å². The Balaban J connectivity index is 1.84. The maximum Gasteiger partial charge on any atom is 0.312 e. The summed E-state index contributed by atoms with van der Waals surface area (Å²) in [4.78, 5) is 24.9. The van der Waals surface area contributed by atoms with E-state index in [0.717, 1.165) is 11.9 Å². The van der Waals surface area contributed by atoms with Crippen molar-refractivity contribution in [1.82, 2.24) is 20.3 Å². The molecule has 0 saturated carbocycles. The Hall–Kier alpha value is -3.50. The number of anilines is 1. The maximum atomic E-state index is 14.2. The van der Waals surface area contributed by atoms with E-state index in [1.807, 2.05) is 17.0 Å². The number of hydrogen-bond donors (Lipinski definition) is 3. The van der Waals surface area contributed by atoms with E-state index in [-0.39, 0.29) is 17.4 Å². The summed E-state index contributed by atoms with van der Waals surface area (Å²) >= 11 is 0. The molecule has 1 aromatic carbocycles. The van der Waals surface area contributed by atoms with Crippen LogP contribution in [0.1, 0.15) is 24.6 Å². The van der Waals surface area contributed by atoms with E-state index in [4.69, 9.17) is 10.5 Å². The zero-order valence-corrected chi connectivity index (χ0v) is 16.0. The third kappa shape index (κ3) is 3.46. The number of nitrogens with one attached hydrogen (secondary N) is 2. The van der Waals surface area contributed by atoms with Gasteiger partial charge in [-0.05, 0) is 25.0 Å². The van der Waals surface area contributed by atoms with Crippen LogP contribution in [0.4, 0.5) is 23.8 Å². The van der Waals surface area contributed by atoms with Crippen LogP contribution < -0.4 is 20.7 Å². The molecule has 1 aliphatic rings. The number of hydrogen-bond acceptors (Lipinski definition) is 5. The Kier molecular flexibility index (Phi) is 5.10. The van der Waals surface area contributed by atoms with Crippen LogP contribution in [0.3, 0.4) is 0 Å². The molecule has 0 radical (unpaired) electrons. The first-order valence-electron chi connectivity index (χ1n) is 9.24. The molecule has 2 atom stereocenters. The molecule has 0 aliphatic carbocycles. The highest BCUT2D eigenvalue weighted by atomic mass is 19.2. The van der Waals surface area contributed by atoms with Crippen LogP contribution in [-0.2, 0) is 0 Å². The molecule has 4 N–H and O–H groups in total. The Bertz CT molecular complexity index is 1090. The molecule has 4 rings (SSSR count). The van der Waals surface area contributed by atoms with Crippen molar-refractivity contribution in [1.29, 1.82) is 0 Å². The number of halogens is 3. The van der Waals surface area contributed by atoms with E-state index in [2.05, 4.69) is 20.3 Å². The number of fused-ring (bicyclic) bond motifs is 1. The van der Waals surface area contributed by atoms with Gasteiger partial charge in [-0.1, -0.05) is 0 Å². The van der Waals surface area contributed by atoms with Crippen molar-refractivity contribution >= 4 is 22.9 Å². The highest BCUT2D eigenvalue weighted by Gasteiger charge is 2.35. The van der Waals surface area contributed by atoms with Gasteiger partial charge in [-0.25, -0.2) is 27.9 Å². The smallest absolute Gasteiger partial charge is 0.312 e. The average molecular weight is 420 g/mol. The van der Waals surface area contributed by atoms with Gasteiger partial charge in [0.25, 0.3) is 0 Å². The van der Waals surface area contributed by atoms with E-state index in [1.165, 1.54) is 7.11 Å². The van der Waals surface area contributed by atoms with Crippen LogP contribution in [0.15, 0.2) is 24.4 Å². The summed E-state index contributed by atoms with van der Waals surface area (Å²) in [5, 5.41) is 2.69. The quantitative estimate of drug-likeness (QED) is 0.563. The molecule has 2 aromatic heterocycles. The van der Waals surface area contributed by atoms with Crippen molar-refractivity contribution in [2.45, 2.75) is 24.9 Å². The molecule has 1 aliphatic heterocycles. The lowest BCUT2D eigenvalue weighted by Gasteiger charge is -2.40.